The average molecular weight is 354 g/mol. The van der Waals surface area contributed by atoms with Gasteiger partial charge in [0.1, 0.15) is 7.05 Å². The molecule has 27 heavy (non-hydrogen) atoms. The van der Waals surface area contributed by atoms with Gasteiger partial charge in [-0.15, -0.1) is 0 Å². The Morgan fingerprint density at radius 2 is 1.56 bits per heavy atom. The van der Waals surface area contributed by atoms with E-state index in [4.69, 9.17) is 1.37 Å². The minimum absolute atomic E-state index is 0.610. The van der Waals surface area contributed by atoms with Crippen molar-refractivity contribution in [3.63, 3.8) is 0 Å². The van der Waals surface area contributed by atoms with Gasteiger partial charge in [-0.2, -0.15) is 4.57 Å². The summed E-state index contributed by atoms with van der Waals surface area (Å²) in [5.74, 6) is 0. The largest absolute Gasteiger partial charge is 0.220 e. The van der Waals surface area contributed by atoms with E-state index < -0.39 is 0 Å². The summed E-state index contributed by atoms with van der Waals surface area (Å²) in [4.78, 5) is 0. The summed E-state index contributed by atoms with van der Waals surface area (Å²) in [7, 11) is 2.08. The summed E-state index contributed by atoms with van der Waals surface area (Å²) in [6, 6.07) is 22.2. The number of fused-ring (bicyclic) bond motifs is 1. The van der Waals surface area contributed by atoms with E-state index in [9.17, 15) is 0 Å². The summed E-state index contributed by atoms with van der Waals surface area (Å²) in [5.41, 5.74) is 9.61. The van der Waals surface area contributed by atoms with Crippen LogP contribution in [0.1, 0.15) is 23.8 Å². The molecule has 0 saturated heterocycles. The van der Waals surface area contributed by atoms with Crippen LogP contribution in [0, 0.1) is 27.7 Å². The molecule has 1 aromatic heterocycles. The van der Waals surface area contributed by atoms with Crippen molar-refractivity contribution in [2.45, 2.75) is 27.7 Å². The van der Waals surface area contributed by atoms with Crippen molar-refractivity contribution in [2.75, 3.05) is 0 Å². The number of hydrogen-bond acceptors (Lipinski definition) is 0. The number of aryl methyl sites for hydroxylation is 2. The fourth-order valence-electron chi connectivity index (χ4n) is 3.82. The highest BCUT2D eigenvalue weighted by molar-refractivity contribution is 5.95. The molecular weight excluding hydrogens is 326 g/mol. The van der Waals surface area contributed by atoms with Gasteiger partial charge in [-0.1, -0.05) is 54.1 Å². The van der Waals surface area contributed by atoms with Crippen LogP contribution < -0.4 is 4.57 Å². The van der Waals surface area contributed by atoms with Crippen molar-refractivity contribution in [3.05, 3.63) is 89.1 Å². The van der Waals surface area contributed by atoms with Crippen molar-refractivity contribution in [1.82, 2.24) is 0 Å². The third kappa shape index (κ3) is 3.04. The third-order valence-corrected chi connectivity index (χ3v) is 5.61. The Balaban J connectivity index is 2.10. The number of pyridine rings is 1. The smallest absolute Gasteiger partial charge is 0.198 e. The molecule has 134 valence electrons. The summed E-state index contributed by atoms with van der Waals surface area (Å²) >= 11 is 0. The van der Waals surface area contributed by atoms with Crippen LogP contribution in [0.25, 0.3) is 33.2 Å². The minimum Gasteiger partial charge on any atom is -0.198 e. The lowest BCUT2D eigenvalue weighted by Crippen LogP contribution is -2.35. The Morgan fingerprint density at radius 1 is 0.815 bits per heavy atom. The topological polar surface area (TPSA) is 3.88 Å². The van der Waals surface area contributed by atoms with Gasteiger partial charge in [0.25, 0.3) is 0 Å². The second-order valence-corrected chi connectivity index (χ2v) is 7.50. The Morgan fingerprint density at radius 3 is 2.30 bits per heavy atom. The number of benzene rings is 3. The molecule has 4 rings (SSSR count). The molecule has 0 spiro atoms. The number of nitrogens with zero attached hydrogens (tertiary/aromatic N) is 1. The molecule has 0 saturated carbocycles. The number of hydrogen-bond donors (Lipinski definition) is 0. The lowest BCUT2D eigenvalue weighted by atomic mass is 9.91. The molecule has 0 aliphatic rings. The zero-order chi connectivity index (χ0) is 20.0. The molecule has 3 aromatic carbocycles. The van der Waals surface area contributed by atoms with Crippen molar-refractivity contribution < 1.29 is 5.94 Å². The normalized spacial score (nSPS) is 11.7. The second-order valence-electron chi connectivity index (χ2n) is 7.50. The highest BCUT2D eigenvalue weighted by atomic mass is 14.9. The predicted molar refractivity (Wildman–Crippen MR) is 115 cm³/mol. The van der Waals surface area contributed by atoms with Gasteiger partial charge >= 0.3 is 0 Å². The fourth-order valence-corrected chi connectivity index (χ4v) is 3.82. The van der Waals surface area contributed by atoms with Gasteiger partial charge in [-0.3, -0.25) is 0 Å². The van der Waals surface area contributed by atoms with Gasteiger partial charge in [-0.05, 0) is 60.5 Å². The lowest BCUT2D eigenvalue weighted by molar-refractivity contribution is -0.665. The van der Waals surface area contributed by atoms with Crippen LogP contribution in [0.5, 0.6) is 0 Å². The minimum atomic E-state index is 0.610. The molecule has 4 aromatic rings. The standard InChI is InChI=1S/C26H26N/c1-17-11-12-24-23(13-17)15-19(3)27(5)26(24)25-16-22(14-18(2)20(25)4)21-9-7-6-8-10-21/h6-16H,1-5H3/q+1/i15D. The van der Waals surface area contributed by atoms with Gasteiger partial charge in [0.2, 0.25) is 5.69 Å². The van der Waals surface area contributed by atoms with Crippen molar-refractivity contribution >= 4 is 10.8 Å². The molecule has 0 bridgehead atoms. The molecule has 0 atom stereocenters. The van der Waals surface area contributed by atoms with Crippen LogP contribution in [-0.2, 0) is 7.05 Å². The molecule has 0 aliphatic heterocycles. The van der Waals surface area contributed by atoms with E-state index >= 15 is 0 Å². The molecule has 0 aliphatic carbocycles. The Labute approximate surface area is 163 Å². The van der Waals surface area contributed by atoms with E-state index in [-0.39, 0.29) is 0 Å². The second kappa shape index (κ2) is 6.66. The van der Waals surface area contributed by atoms with Gasteiger partial charge in [0, 0.05) is 13.0 Å². The summed E-state index contributed by atoms with van der Waals surface area (Å²) < 4.78 is 10.8. The molecule has 1 nitrogen and oxygen atoms in total. The molecule has 0 N–H and O–H groups in total. The van der Waals surface area contributed by atoms with Crippen LogP contribution in [0.3, 0.4) is 0 Å². The maximum Gasteiger partial charge on any atom is 0.220 e. The summed E-state index contributed by atoms with van der Waals surface area (Å²) in [6.45, 7) is 8.51. The third-order valence-electron chi connectivity index (χ3n) is 5.61. The van der Waals surface area contributed by atoms with Gasteiger partial charge in [-0.25, -0.2) is 0 Å². The van der Waals surface area contributed by atoms with Gasteiger partial charge in [0.15, 0.2) is 5.69 Å². The maximum absolute atomic E-state index is 8.64. The van der Waals surface area contributed by atoms with Gasteiger partial charge in [0.05, 0.1) is 12.3 Å². The van der Waals surface area contributed by atoms with Crippen molar-refractivity contribution in [1.29, 1.82) is 0 Å². The molecule has 0 amide bonds. The molecular formula is C26H26N+. The quantitative estimate of drug-likeness (QED) is 0.376. The van der Waals surface area contributed by atoms with Crippen molar-refractivity contribution in [2.24, 2.45) is 7.05 Å². The zero-order valence-corrected chi connectivity index (χ0v) is 16.7. The molecule has 1 heterocycles. The molecule has 0 fully saturated rings. The SMILES string of the molecule is [2H]c1c(C)[n+](C)c(-c2cc(-c3ccccc3)cc(C)c2C)c2ccc(C)cc12. The predicted octanol–water partition coefficient (Wildman–Crippen LogP) is 6.23. The summed E-state index contributed by atoms with van der Waals surface area (Å²) in [6.07, 6.45) is 0. The van der Waals surface area contributed by atoms with E-state index in [0.29, 0.717) is 6.04 Å². The first-order valence-electron chi connectivity index (χ1n) is 9.95. The van der Waals surface area contributed by atoms with E-state index in [0.717, 1.165) is 16.5 Å². The average Bonchev–Trinajstić information content (AvgIpc) is 2.70. The fraction of sp³-hybridized carbons (Fsp3) is 0.192. The number of rotatable bonds is 2. The van der Waals surface area contributed by atoms with E-state index in [2.05, 4.69) is 93.0 Å². The zero-order valence-electron chi connectivity index (χ0n) is 17.7. The van der Waals surface area contributed by atoms with Crippen LogP contribution in [0.15, 0.2) is 66.7 Å². The maximum atomic E-state index is 8.64. The summed E-state index contributed by atoms with van der Waals surface area (Å²) in [5, 5.41) is 2.16. The highest BCUT2D eigenvalue weighted by Crippen LogP contribution is 2.34. The van der Waals surface area contributed by atoms with Crippen LogP contribution in [-0.4, -0.2) is 0 Å². The molecule has 1 heteroatoms. The monoisotopic (exact) mass is 353 g/mol. The Hall–Kier alpha value is -2.93. The van der Waals surface area contributed by atoms with Crippen LogP contribution in [0.2, 0.25) is 0 Å². The lowest BCUT2D eigenvalue weighted by Gasteiger charge is -2.14. The highest BCUT2D eigenvalue weighted by Gasteiger charge is 2.21. The van der Waals surface area contributed by atoms with Crippen molar-refractivity contribution in [3.8, 4) is 22.4 Å². The molecule has 0 radical (unpaired) electrons. The van der Waals surface area contributed by atoms with E-state index in [1.807, 2.05) is 6.92 Å². The van der Waals surface area contributed by atoms with Crippen LogP contribution in [0.4, 0.5) is 0 Å². The van der Waals surface area contributed by atoms with Crippen LogP contribution >= 0.6 is 0 Å². The first-order chi connectivity index (χ1) is 13.4. The van der Waals surface area contributed by atoms with E-state index in [1.54, 1.807) is 0 Å². The van der Waals surface area contributed by atoms with E-state index in [1.165, 1.54) is 39.1 Å². The first-order valence-corrected chi connectivity index (χ1v) is 9.45. The first kappa shape index (κ1) is 16.3. The molecule has 0 unspecified atom stereocenters. The Bertz CT molecular complexity index is 1210. The van der Waals surface area contributed by atoms with Gasteiger partial charge < -0.3 is 0 Å². The Kier molecular flexibility index (Phi) is 4.01. The number of aromatic nitrogens is 1.